The van der Waals surface area contributed by atoms with Gasteiger partial charge in [-0.05, 0) is 28.1 Å². The first-order valence-electron chi connectivity index (χ1n) is 3.20. The Morgan fingerprint density at radius 2 is 1.71 bits per heavy atom. The van der Waals surface area contributed by atoms with Crippen molar-refractivity contribution in [1.82, 2.24) is 0 Å². The van der Waals surface area contributed by atoms with E-state index in [1.54, 1.807) is 0 Å². The number of ether oxygens (including phenoxy) is 1. The topological polar surface area (TPSA) is 9.23 Å². The lowest BCUT2D eigenvalue weighted by Crippen LogP contribution is -2.18. The van der Waals surface area contributed by atoms with Crippen LogP contribution in [0.3, 0.4) is 0 Å². The lowest BCUT2D eigenvalue weighted by molar-refractivity contribution is -0.276. The fourth-order valence-electron chi connectivity index (χ4n) is 0.718. The Bertz CT molecular complexity index is 349. The second kappa shape index (κ2) is 3.72. The first kappa shape index (κ1) is 11.2. The zero-order valence-corrected chi connectivity index (χ0v) is 7.92. The molecule has 0 aromatic heterocycles. The number of alkyl halides is 3. The summed E-state index contributed by atoms with van der Waals surface area (Å²) in [6.45, 7) is 0. The van der Waals surface area contributed by atoms with Crippen LogP contribution in [0.4, 0.5) is 22.0 Å². The average molecular weight is 277 g/mol. The molecule has 7 heteroatoms. The van der Waals surface area contributed by atoms with Crippen LogP contribution >= 0.6 is 15.9 Å². The SMILES string of the molecule is Fc1ccc(Br)c(OC(F)(F)F)c1F. The zero-order valence-electron chi connectivity index (χ0n) is 6.33. The van der Waals surface area contributed by atoms with Crippen LogP contribution in [-0.2, 0) is 0 Å². The molecule has 0 aliphatic heterocycles. The second-order valence-corrected chi connectivity index (χ2v) is 3.07. The van der Waals surface area contributed by atoms with E-state index in [1.807, 2.05) is 0 Å². The Labute approximate surface area is 83.6 Å². The van der Waals surface area contributed by atoms with Gasteiger partial charge in [-0.2, -0.15) is 4.39 Å². The largest absolute Gasteiger partial charge is 0.573 e. The summed E-state index contributed by atoms with van der Waals surface area (Å²) in [4.78, 5) is 0. The molecule has 0 fully saturated rings. The van der Waals surface area contributed by atoms with E-state index in [9.17, 15) is 22.0 Å². The third kappa shape index (κ3) is 2.57. The predicted octanol–water partition coefficient (Wildman–Crippen LogP) is 3.63. The maximum atomic E-state index is 12.8. The molecule has 78 valence electrons. The number of hydrogen-bond donors (Lipinski definition) is 0. The van der Waals surface area contributed by atoms with Crippen LogP contribution in [0.15, 0.2) is 16.6 Å². The van der Waals surface area contributed by atoms with E-state index in [0.717, 1.165) is 6.07 Å². The first-order valence-corrected chi connectivity index (χ1v) is 4.00. The van der Waals surface area contributed by atoms with Crippen molar-refractivity contribution in [3.63, 3.8) is 0 Å². The molecular formula is C7H2BrF5O. The van der Waals surface area contributed by atoms with Gasteiger partial charge in [0.1, 0.15) is 0 Å². The highest BCUT2D eigenvalue weighted by Gasteiger charge is 2.34. The van der Waals surface area contributed by atoms with Crippen LogP contribution in [0.2, 0.25) is 0 Å². The van der Waals surface area contributed by atoms with Gasteiger partial charge in [0.2, 0.25) is 5.82 Å². The molecule has 0 N–H and O–H groups in total. The Morgan fingerprint density at radius 1 is 1.14 bits per heavy atom. The van der Waals surface area contributed by atoms with Crippen LogP contribution < -0.4 is 4.74 Å². The maximum absolute atomic E-state index is 12.8. The number of hydrogen-bond acceptors (Lipinski definition) is 1. The average Bonchev–Trinajstić information content (AvgIpc) is 2.04. The predicted molar refractivity (Wildman–Crippen MR) is 40.7 cm³/mol. The molecule has 0 aliphatic rings. The normalized spacial score (nSPS) is 11.6. The van der Waals surface area contributed by atoms with E-state index in [1.165, 1.54) is 0 Å². The van der Waals surface area contributed by atoms with Crippen LogP contribution in [0, 0.1) is 11.6 Å². The standard InChI is InChI=1S/C7H2BrF5O/c8-3-1-2-4(9)5(10)6(3)14-7(11,12)13/h1-2H. The Balaban J connectivity index is 3.13. The summed E-state index contributed by atoms with van der Waals surface area (Å²) in [5.41, 5.74) is 0. The molecule has 0 radical (unpaired) electrons. The molecule has 0 atom stereocenters. The summed E-state index contributed by atoms with van der Waals surface area (Å²) in [6, 6.07) is 1.60. The Hall–Kier alpha value is -0.850. The van der Waals surface area contributed by atoms with Gasteiger partial charge in [-0.1, -0.05) is 0 Å². The van der Waals surface area contributed by atoms with E-state index in [4.69, 9.17) is 0 Å². The minimum absolute atomic E-state index is 0.311. The van der Waals surface area contributed by atoms with Crippen molar-refractivity contribution in [2.24, 2.45) is 0 Å². The van der Waals surface area contributed by atoms with Gasteiger partial charge >= 0.3 is 6.36 Å². The summed E-state index contributed by atoms with van der Waals surface area (Å²) in [6.07, 6.45) is -5.06. The summed E-state index contributed by atoms with van der Waals surface area (Å²) in [7, 11) is 0. The molecule has 1 aromatic rings. The van der Waals surface area contributed by atoms with E-state index < -0.39 is 23.7 Å². The summed E-state index contributed by atoms with van der Waals surface area (Å²) < 4.78 is 63.3. The van der Waals surface area contributed by atoms with Gasteiger partial charge in [0.15, 0.2) is 11.6 Å². The van der Waals surface area contributed by atoms with Crippen LogP contribution in [0.25, 0.3) is 0 Å². The van der Waals surface area contributed by atoms with Crippen molar-refractivity contribution in [3.05, 3.63) is 28.2 Å². The fraction of sp³-hybridized carbons (Fsp3) is 0.143. The summed E-state index contributed by atoms with van der Waals surface area (Å²) in [5, 5.41) is 0. The first-order chi connectivity index (χ1) is 6.31. The molecule has 0 heterocycles. The van der Waals surface area contributed by atoms with Crippen molar-refractivity contribution in [2.45, 2.75) is 6.36 Å². The lowest BCUT2D eigenvalue weighted by Gasteiger charge is -2.11. The van der Waals surface area contributed by atoms with E-state index >= 15 is 0 Å². The van der Waals surface area contributed by atoms with Crippen LogP contribution in [-0.4, -0.2) is 6.36 Å². The zero-order chi connectivity index (χ0) is 10.9. The minimum atomic E-state index is -5.06. The molecule has 0 saturated heterocycles. The molecule has 1 rings (SSSR count). The van der Waals surface area contributed by atoms with E-state index in [2.05, 4.69) is 20.7 Å². The van der Waals surface area contributed by atoms with Crippen LogP contribution in [0.1, 0.15) is 0 Å². The quantitative estimate of drug-likeness (QED) is 0.562. The fourth-order valence-corrected chi connectivity index (χ4v) is 1.10. The van der Waals surface area contributed by atoms with Crippen molar-refractivity contribution < 1.29 is 26.7 Å². The highest BCUT2D eigenvalue weighted by molar-refractivity contribution is 9.10. The highest BCUT2D eigenvalue weighted by atomic mass is 79.9. The van der Waals surface area contributed by atoms with Crippen molar-refractivity contribution in [3.8, 4) is 5.75 Å². The van der Waals surface area contributed by atoms with Gasteiger partial charge in [0.05, 0.1) is 4.47 Å². The van der Waals surface area contributed by atoms with E-state index in [-0.39, 0.29) is 4.47 Å². The highest BCUT2D eigenvalue weighted by Crippen LogP contribution is 2.33. The van der Waals surface area contributed by atoms with E-state index in [0.29, 0.717) is 6.07 Å². The number of benzene rings is 1. The van der Waals surface area contributed by atoms with Gasteiger partial charge in [0.25, 0.3) is 0 Å². The summed E-state index contributed by atoms with van der Waals surface area (Å²) >= 11 is 2.60. The molecule has 0 saturated carbocycles. The van der Waals surface area contributed by atoms with Gasteiger partial charge in [-0.25, -0.2) is 4.39 Å². The molecule has 0 amide bonds. The number of halogens is 6. The lowest BCUT2D eigenvalue weighted by atomic mass is 10.3. The van der Waals surface area contributed by atoms with Gasteiger partial charge in [-0.3, -0.25) is 0 Å². The van der Waals surface area contributed by atoms with Crippen molar-refractivity contribution in [2.75, 3.05) is 0 Å². The molecule has 0 unspecified atom stereocenters. The molecule has 0 bridgehead atoms. The third-order valence-electron chi connectivity index (χ3n) is 1.22. The molecule has 1 aromatic carbocycles. The molecule has 14 heavy (non-hydrogen) atoms. The molecule has 0 spiro atoms. The van der Waals surface area contributed by atoms with Gasteiger partial charge in [-0.15, -0.1) is 13.2 Å². The number of rotatable bonds is 1. The van der Waals surface area contributed by atoms with Gasteiger partial charge in [0, 0.05) is 0 Å². The summed E-state index contributed by atoms with van der Waals surface area (Å²) in [5.74, 6) is -4.30. The van der Waals surface area contributed by atoms with Crippen LogP contribution in [0.5, 0.6) is 5.75 Å². The molecule has 1 nitrogen and oxygen atoms in total. The maximum Gasteiger partial charge on any atom is 0.573 e. The van der Waals surface area contributed by atoms with Crippen molar-refractivity contribution in [1.29, 1.82) is 0 Å². The minimum Gasteiger partial charge on any atom is -0.401 e. The monoisotopic (exact) mass is 276 g/mol. The Morgan fingerprint density at radius 3 is 2.21 bits per heavy atom. The smallest absolute Gasteiger partial charge is 0.401 e. The van der Waals surface area contributed by atoms with Gasteiger partial charge < -0.3 is 4.74 Å². The molecular weight excluding hydrogens is 275 g/mol. The third-order valence-corrected chi connectivity index (χ3v) is 1.84. The second-order valence-electron chi connectivity index (χ2n) is 2.22. The van der Waals surface area contributed by atoms with Crippen molar-refractivity contribution >= 4 is 15.9 Å². The Kier molecular flexibility index (Phi) is 2.98. The molecule has 0 aliphatic carbocycles.